The van der Waals surface area contributed by atoms with Crippen molar-refractivity contribution in [3.05, 3.63) is 36.0 Å². The van der Waals surface area contributed by atoms with Crippen molar-refractivity contribution in [2.24, 2.45) is 0 Å². The van der Waals surface area contributed by atoms with Gasteiger partial charge >= 0.3 is 6.18 Å². The number of hydrogen-bond acceptors (Lipinski definition) is 2. The summed E-state index contributed by atoms with van der Waals surface area (Å²) in [6.07, 6.45) is -4.45. The molecule has 0 aliphatic rings. The maximum atomic E-state index is 12.7. The fourth-order valence-electron chi connectivity index (χ4n) is 1.60. The van der Waals surface area contributed by atoms with Crippen LogP contribution in [0.3, 0.4) is 0 Å². The Morgan fingerprint density at radius 2 is 1.82 bits per heavy atom. The van der Waals surface area contributed by atoms with Crippen molar-refractivity contribution in [3.8, 4) is 11.3 Å². The van der Waals surface area contributed by atoms with Crippen LogP contribution in [0.25, 0.3) is 11.3 Å². The zero-order valence-electron chi connectivity index (χ0n) is 8.97. The van der Waals surface area contributed by atoms with E-state index in [1.165, 1.54) is 7.05 Å². The van der Waals surface area contributed by atoms with Crippen LogP contribution >= 0.6 is 0 Å². The van der Waals surface area contributed by atoms with E-state index < -0.39 is 11.9 Å². The van der Waals surface area contributed by atoms with Crippen LogP contribution in [0, 0.1) is 0 Å². The Morgan fingerprint density at radius 3 is 2.35 bits per heavy atom. The van der Waals surface area contributed by atoms with Gasteiger partial charge in [0.25, 0.3) is 0 Å². The normalized spacial score (nSPS) is 11.5. The van der Waals surface area contributed by atoms with E-state index in [4.69, 9.17) is 0 Å². The summed E-state index contributed by atoms with van der Waals surface area (Å²) < 4.78 is 38.0. The van der Waals surface area contributed by atoms with Crippen LogP contribution in [-0.2, 0) is 6.18 Å². The Hall–Kier alpha value is -1.98. The van der Waals surface area contributed by atoms with Gasteiger partial charge < -0.3 is 5.32 Å². The lowest BCUT2D eigenvalue weighted by atomic mass is 10.1. The molecular formula is C11H10F3N3. The monoisotopic (exact) mass is 241 g/mol. The molecule has 0 fully saturated rings. The van der Waals surface area contributed by atoms with E-state index in [0.717, 1.165) is 0 Å². The molecule has 1 aromatic heterocycles. The number of alkyl halides is 3. The minimum Gasteiger partial charge on any atom is -0.385 e. The van der Waals surface area contributed by atoms with Crippen LogP contribution in [0.15, 0.2) is 30.3 Å². The first-order chi connectivity index (χ1) is 8.04. The topological polar surface area (TPSA) is 40.7 Å². The summed E-state index contributed by atoms with van der Waals surface area (Å²) in [5, 5.41) is 8.28. The number of H-pyrrole nitrogens is 1. The highest BCUT2D eigenvalue weighted by Crippen LogP contribution is 2.38. The van der Waals surface area contributed by atoms with Crippen molar-refractivity contribution >= 4 is 5.69 Å². The second-order valence-electron chi connectivity index (χ2n) is 3.44. The van der Waals surface area contributed by atoms with E-state index in [1.807, 2.05) is 5.10 Å². The van der Waals surface area contributed by atoms with E-state index in [-0.39, 0.29) is 11.4 Å². The molecular weight excluding hydrogens is 231 g/mol. The van der Waals surface area contributed by atoms with Crippen molar-refractivity contribution in [2.45, 2.75) is 6.18 Å². The predicted molar refractivity (Wildman–Crippen MR) is 58.6 cm³/mol. The van der Waals surface area contributed by atoms with Gasteiger partial charge in [0, 0.05) is 12.6 Å². The minimum atomic E-state index is -4.45. The van der Waals surface area contributed by atoms with E-state index in [0.29, 0.717) is 5.56 Å². The Bertz CT molecular complexity index is 502. The summed E-state index contributed by atoms with van der Waals surface area (Å²) in [7, 11) is 1.44. The lowest BCUT2D eigenvalue weighted by Gasteiger charge is -2.07. The van der Waals surface area contributed by atoms with Crippen molar-refractivity contribution in [3.63, 3.8) is 0 Å². The third kappa shape index (κ3) is 2.11. The van der Waals surface area contributed by atoms with Gasteiger partial charge in [-0.15, -0.1) is 0 Å². The molecule has 0 radical (unpaired) electrons. The van der Waals surface area contributed by atoms with Crippen molar-refractivity contribution in [1.29, 1.82) is 0 Å². The van der Waals surface area contributed by atoms with Crippen molar-refractivity contribution in [2.75, 3.05) is 12.4 Å². The van der Waals surface area contributed by atoms with Crippen LogP contribution in [0.2, 0.25) is 0 Å². The zero-order chi connectivity index (χ0) is 12.5. The van der Waals surface area contributed by atoms with Gasteiger partial charge in [0.1, 0.15) is 5.69 Å². The van der Waals surface area contributed by atoms with E-state index in [2.05, 4.69) is 10.4 Å². The highest BCUT2D eigenvalue weighted by Gasteiger charge is 2.37. The molecule has 0 unspecified atom stereocenters. The third-order valence-electron chi connectivity index (χ3n) is 2.35. The van der Waals surface area contributed by atoms with Crippen molar-refractivity contribution in [1.82, 2.24) is 10.2 Å². The largest absolute Gasteiger partial charge is 0.434 e. The number of aromatic amines is 1. The van der Waals surface area contributed by atoms with Gasteiger partial charge in [-0.05, 0) is 0 Å². The molecule has 0 aliphatic heterocycles. The van der Waals surface area contributed by atoms with Gasteiger partial charge in [-0.3, -0.25) is 5.10 Å². The van der Waals surface area contributed by atoms with Crippen molar-refractivity contribution < 1.29 is 13.2 Å². The number of anilines is 1. The Kier molecular flexibility index (Phi) is 2.79. The minimum absolute atomic E-state index is 0.0382. The number of hydrogen-bond donors (Lipinski definition) is 2. The average molecular weight is 241 g/mol. The Morgan fingerprint density at radius 1 is 1.18 bits per heavy atom. The van der Waals surface area contributed by atoms with Gasteiger partial charge in [-0.25, -0.2) is 0 Å². The fourth-order valence-corrected chi connectivity index (χ4v) is 1.60. The number of benzene rings is 1. The average Bonchev–Trinajstić information content (AvgIpc) is 2.73. The molecule has 90 valence electrons. The van der Waals surface area contributed by atoms with Crippen LogP contribution in [-0.4, -0.2) is 17.2 Å². The molecule has 0 bridgehead atoms. The molecule has 1 aromatic carbocycles. The summed E-state index contributed by atoms with van der Waals surface area (Å²) in [4.78, 5) is 0. The van der Waals surface area contributed by atoms with E-state index >= 15 is 0 Å². The molecule has 2 rings (SSSR count). The number of nitrogens with one attached hydrogen (secondary N) is 2. The van der Waals surface area contributed by atoms with Gasteiger partial charge in [-0.1, -0.05) is 30.3 Å². The second kappa shape index (κ2) is 4.12. The molecule has 0 amide bonds. The lowest BCUT2D eigenvalue weighted by molar-refractivity contribution is -0.140. The van der Waals surface area contributed by atoms with Crippen LogP contribution < -0.4 is 5.32 Å². The summed E-state index contributed by atoms with van der Waals surface area (Å²) in [6.45, 7) is 0. The second-order valence-corrected chi connectivity index (χ2v) is 3.44. The van der Waals surface area contributed by atoms with E-state index in [1.54, 1.807) is 30.3 Å². The molecule has 2 N–H and O–H groups in total. The summed E-state index contributed by atoms with van der Waals surface area (Å²) >= 11 is 0. The molecule has 0 atom stereocenters. The molecule has 0 aliphatic carbocycles. The van der Waals surface area contributed by atoms with Crippen LogP contribution in [0.1, 0.15) is 5.69 Å². The lowest BCUT2D eigenvalue weighted by Crippen LogP contribution is -2.08. The summed E-state index contributed by atoms with van der Waals surface area (Å²) in [5.41, 5.74) is -0.00780. The highest BCUT2D eigenvalue weighted by molar-refractivity contribution is 5.76. The molecule has 0 saturated carbocycles. The smallest absolute Gasteiger partial charge is 0.385 e. The zero-order valence-corrected chi connectivity index (χ0v) is 8.97. The quantitative estimate of drug-likeness (QED) is 0.848. The number of aromatic nitrogens is 2. The number of halogens is 3. The Labute approximate surface area is 95.7 Å². The van der Waals surface area contributed by atoms with Gasteiger partial charge in [0.05, 0.1) is 5.69 Å². The molecule has 6 heteroatoms. The van der Waals surface area contributed by atoms with Gasteiger partial charge in [0.15, 0.2) is 5.69 Å². The summed E-state index contributed by atoms with van der Waals surface area (Å²) in [5.74, 6) is 0. The molecule has 1 heterocycles. The Balaban J connectivity index is 2.54. The fraction of sp³-hybridized carbons (Fsp3) is 0.182. The molecule has 0 saturated heterocycles. The predicted octanol–water partition coefficient (Wildman–Crippen LogP) is 3.14. The molecule has 3 nitrogen and oxygen atoms in total. The van der Waals surface area contributed by atoms with Crippen LogP contribution in [0.5, 0.6) is 0 Å². The van der Waals surface area contributed by atoms with Gasteiger partial charge in [0.2, 0.25) is 0 Å². The summed E-state index contributed by atoms with van der Waals surface area (Å²) in [6, 6.07) is 8.70. The van der Waals surface area contributed by atoms with Crippen LogP contribution in [0.4, 0.5) is 18.9 Å². The van der Waals surface area contributed by atoms with Gasteiger partial charge in [-0.2, -0.15) is 18.3 Å². The standard InChI is InChI=1S/C11H10F3N3/c1-15-9-8(7-5-3-2-4-6-7)16-17-10(9)11(12,13)14/h2-6,15H,1H3,(H,16,17). The first-order valence-corrected chi connectivity index (χ1v) is 4.92. The SMILES string of the molecule is CNc1c(-c2ccccc2)n[nH]c1C(F)(F)F. The van der Waals surface area contributed by atoms with E-state index in [9.17, 15) is 13.2 Å². The number of nitrogens with zero attached hydrogens (tertiary/aromatic N) is 1. The molecule has 17 heavy (non-hydrogen) atoms. The third-order valence-corrected chi connectivity index (χ3v) is 2.35. The first-order valence-electron chi connectivity index (χ1n) is 4.92. The highest BCUT2D eigenvalue weighted by atomic mass is 19.4. The maximum absolute atomic E-state index is 12.7. The maximum Gasteiger partial charge on any atom is 0.434 e. The molecule has 2 aromatic rings. The molecule has 0 spiro atoms. The number of rotatable bonds is 2. The first kappa shape index (κ1) is 11.5.